The Morgan fingerprint density at radius 2 is 1.89 bits per heavy atom. The van der Waals surface area contributed by atoms with Crippen LogP contribution in [0.25, 0.3) is 0 Å². The van der Waals surface area contributed by atoms with Gasteiger partial charge in [-0.15, -0.1) is 0 Å². The molecule has 0 bridgehead atoms. The van der Waals surface area contributed by atoms with E-state index in [1.54, 1.807) is 24.3 Å². The van der Waals surface area contributed by atoms with E-state index in [2.05, 4.69) is 4.72 Å². The molecule has 3 N–H and O–H groups in total. The predicted octanol–water partition coefficient (Wildman–Crippen LogP) is 0.996. The van der Waals surface area contributed by atoms with Gasteiger partial charge in [0.1, 0.15) is 16.7 Å². The number of nitrogens with one attached hydrogen (secondary N) is 1. The highest BCUT2D eigenvalue weighted by atomic mass is 32.2. The summed E-state index contributed by atoms with van der Waals surface area (Å²) in [6.07, 6.45) is 3.43. The number of rotatable bonds is 5. The van der Waals surface area contributed by atoms with Crippen molar-refractivity contribution in [2.45, 2.75) is 48.8 Å². The van der Waals surface area contributed by atoms with Gasteiger partial charge >= 0.3 is 0 Å². The van der Waals surface area contributed by atoms with E-state index < -0.39 is 10.0 Å². The van der Waals surface area contributed by atoms with Crippen LogP contribution in [0.3, 0.4) is 0 Å². The van der Waals surface area contributed by atoms with Gasteiger partial charge in [-0.25, -0.2) is 13.1 Å². The monoisotopic (exact) mass is 282 g/mol. The molecule has 0 spiro atoms. The van der Waals surface area contributed by atoms with E-state index in [-0.39, 0.29) is 23.1 Å². The summed E-state index contributed by atoms with van der Waals surface area (Å²) in [6, 6.07) is 7.04. The number of hydrogen-bond donors (Lipinski definition) is 2. The Morgan fingerprint density at radius 3 is 2.53 bits per heavy atom. The maximum atomic E-state index is 12.2. The van der Waals surface area contributed by atoms with Crippen molar-refractivity contribution in [1.29, 1.82) is 0 Å². The Labute approximate surface area is 113 Å². The summed E-state index contributed by atoms with van der Waals surface area (Å²) < 4.78 is 32.9. The molecule has 1 aromatic carbocycles. The quantitative estimate of drug-likeness (QED) is 0.844. The zero-order valence-corrected chi connectivity index (χ0v) is 11.4. The topological polar surface area (TPSA) is 81.4 Å². The minimum Gasteiger partial charge on any atom is -0.489 e. The Bertz CT molecular complexity index is 563. The predicted molar refractivity (Wildman–Crippen MR) is 71.4 cm³/mol. The third-order valence-electron chi connectivity index (χ3n) is 3.46. The van der Waals surface area contributed by atoms with Crippen molar-refractivity contribution in [3.63, 3.8) is 0 Å². The largest absolute Gasteiger partial charge is 0.489 e. The third-order valence-corrected chi connectivity index (χ3v) is 5.02. The molecular weight excluding hydrogens is 264 g/mol. The molecule has 0 radical (unpaired) electrons. The van der Waals surface area contributed by atoms with Crippen molar-refractivity contribution in [3.8, 4) is 5.75 Å². The molecule has 2 saturated carbocycles. The second-order valence-corrected chi connectivity index (χ2v) is 7.00. The van der Waals surface area contributed by atoms with Crippen LogP contribution in [0.15, 0.2) is 29.2 Å². The minimum atomic E-state index is -3.48. The molecule has 0 unspecified atom stereocenters. The third kappa shape index (κ3) is 2.91. The highest BCUT2D eigenvalue weighted by Crippen LogP contribution is 2.31. The zero-order valence-electron chi connectivity index (χ0n) is 10.6. The molecule has 0 aliphatic heterocycles. The molecule has 2 aliphatic carbocycles. The summed E-state index contributed by atoms with van der Waals surface area (Å²) in [7, 11) is -3.48. The van der Waals surface area contributed by atoms with Crippen molar-refractivity contribution in [2.24, 2.45) is 5.73 Å². The van der Waals surface area contributed by atoms with Gasteiger partial charge in [0, 0.05) is 12.1 Å². The minimum absolute atomic E-state index is 0.0345. The smallest absolute Gasteiger partial charge is 0.244 e. The standard InChI is InChI=1S/C13H18N2O3S/c14-9-7-11(8-9)18-12-3-1-2-4-13(12)19(16,17)15-10-5-6-10/h1-4,9-11,15H,5-8,14H2. The molecule has 19 heavy (non-hydrogen) atoms. The first kappa shape index (κ1) is 12.9. The molecule has 5 nitrogen and oxygen atoms in total. The van der Waals surface area contributed by atoms with E-state index in [9.17, 15) is 8.42 Å². The molecule has 3 rings (SSSR count). The molecule has 0 saturated heterocycles. The van der Waals surface area contributed by atoms with E-state index in [4.69, 9.17) is 10.5 Å². The maximum absolute atomic E-state index is 12.2. The van der Waals surface area contributed by atoms with Crippen LogP contribution >= 0.6 is 0 Å². The lowest BCUT2D eigenvalue weighted by Crippen LogP contribution is -2.43. The second-order valence-electron chi connectivity index (χ2n) is 5.31. The van der Waals surface area contributed by atoms with Crippen molar-refractivity contribution >= 4 is 10.0 Å². The Kier molecular flexibility index (Phi) is 3.24. The molecule has 0 aromatic heterocycles. The number of nitrogens with two attached hydrogens (primary N) is 1. The van der Waals surface area contributed by atoms with Gasteiger partial charge in [-0.05, 0) is 37.8 Å². The van der Waals surface area contributed by atoms with Crippen LogP contribution in [0.2, 0.25) is 0 Å². The number of sulfonamides is 1. The van der Waals surface area contributed by atoms with Crippen LogP contribution in [0, 0.1) is 0 Å². The summed E-state index contributed by atoms with van der Waals surface area (Å²) in [4.78, 5) is 0.224. The average Bonchev–Trinajstić information content (AvgIpc) is 3.11. The van der Waals surface area contributed by atoms with E-state index in [1.165, 1.54) is 0 Å². The summed E-state index contributed by atoms with van der Waals surface area (Å²) >= 11 is 0. The van der Waals surface area contributed by atoms with Crippen LogP contribution in [-0.2, 0) is 10.0 Å². The zero-order chi connectivity index (χ0) is 13.5. The molecule has 0 atom stereocenters. The van der Waals surface area contributed by atoms with Crippen molar-refractivity contribution in [1.82, 2.24) is 4.72 Å². The van der Waals surface area contributed by atoms with Gasteiger partial charge in [-0.2, -0.15) is 0 Å². The van der Waals surface area contributed by atoms with Gasteiger partial charge in [-0.3, -0.25) is 0 Å². The van der Waals surface area contributed by atoms with Gasteiger partial charge in [0.25, 0.3) is 0 Å². The van der Waals surface area contributed by atoms with Gasteiger partial charge in [0.2, 0.25) is 10.0 Å². The fraction of sp³-hybridized carbons (Fsp3) is 0.538. The van der Waals surface area contributed by atoms with Crippen LogP contribution in [0.4, 0.5) is 0 Å². The maximum Gasteiger partial charge on any atom is 0.244 e. The fourth-order valence-corrected chi connectivity index (χ4v) is 3.58. The van der Waals surface area contributed by atoms with Crippen molar-refractivity contribution in [3.05, 3.63) is 24.3 Å². The van der Waals surface area contributed by atoms with Gasteiger partial charge in [0.05, 0.1) is 0 Å². The first-order valence-corrected chi connectivity index (χ1v) is 8.06. The SMILES string of the molecule is NC1CC(Oc2ccccc2S(=O)(=O)NC2CC2)C1. The lowest BCUT2D eigenvalue weighted by molar-refractivity contribution is 0.0976. The Hall–Kier alpha value is -1.11. The summed E-state index contributed by atoms with van der Waals surface area (Å²) in [5.74, 6) is 0.424. The van der Waals surface area contributed by atoms with E-state index >= 15 is 0 Å². The molecule has 6 heteroatoms. The lowest BCUT2D eigenvalue weighted by atomic mass is 9.90. The van der Waals surface area contributed by atoms with Crippen molar-refractivity contribution in [2.75, 3.05) is 0 Å². The highest BCUT2D eigenvalue weighted by molar-refractivity contribution is 7.89. The van der Waals surface area contributed by atoms with Crippen LogP contribution in [0.5, 0.6) is 5.75 Å². The van der Waals surface area contributed by atoms with Gasteiger partial charge < -0.3 is 10.5 Å². The number of ether oxygens (including phenoxy) is 1. The average molecular weight is 282 g/mol. The summed E-state index contributed by atoms with van der Waals surface area (Å²) in [5.41, 5.74) is 5.71. The van der Waals surface area contributed by atoms with Gasteiger partial charge in [0.15, 0.2) is 0 Å². The van der Waals surface area contributed by atoms with Crippen LogP contribution in [-0.4, -0.2) is 26.6 Å². The molecule has 2 fully saturated rings. The first-order chi connectivity index (χ1) is 9.04. The number of para-hydroxylation sites is 1. The first-order valence-electron chi connectivity index (χ1n) is 6.58. The number of benzene rings is 1. The highest BCUT2D eigenvalue weighted by Gasteiger charge is 2.32. The Balaban J connectivity index is 1.80. The van der Waals surface area contributed by atoms with E-state index in [1.807, 2.05) is 0 Å². The molecular formula is C13H18N2O3S. The van der Waals surface area contributed by atoms with Gasteiger partial charge in [-0.1, -0.05) is 12.1 Å². The molecule has 2 aliphatic rings. The molecule has 1 aromatic rings. The van der Waals surface area contributed by atoms with Crippen LogP contribution in [0.1, 0.15) is 25.7 Å². The molecule has 0 heterocycles. The Morgan fingerprint density at radius 1 is 1.21 bits per heavy atom. The lowest BCUT2D eigenvalue weighted by Gasteiger charge is -2.33. The summed E-state index contributed by atoms with van der Waals surface area (Å²) in [6.45, 7) is 0. The van der Waals surface area contributed by atoms with Crippen molar-refractivity contribution < 1.29 is 13.2 Å². The van der Waals surface area contributed by atoms with Crippen LogP contribution < -0.4 is 15.2 Å². The molecule has 0 amide bonds. The second kappa shape index (κ2) is 4.77. The fourth-order valence-electron chi connectivity index (χ4n) is 2.14. The molecule has 104 valence electrons. The normalized spacial score (nSPS) is 26.8. The van der Waals surface area contributed by atoms with E-state index in [0.29, 0.717) is 5.75 Å². The van der Waals surface area contributed by atoms with E-state index in [0.717, 1.165) is 25.7 Å². The number of hydrogen-bond acceptors (Lipinski definition) is 4. The summed E-state index contributed by atoms with van der Waals surface area (Å²) in [5, 5.41) is 0.